The summed E-state index contributed by atoms with van der Waals surface area (Å²) in [5.41, 5.74) is 2.06. The first-order chi connectivity index (χ1) is 9.95. The third-order valence-corrected chi connectivity index (χ3v) is 4.61. The third-order valence-electron chi connectivity index (χ3n) is 4.61. The molecular formula is C18H28N2O. The number of carbonyl (C=O) groups excluding carboxylic acids is 1. The number of aryl methyl sites for hydroxylation is 1. The van der Waals surface area contributed by atoms with Gasteiger partial charge in [-0.3, -0.25) is 4.79 Å². The summed E-state index contributed by atoms with van der Waals surface area (Å²) in [6.07, 6.45) is 3.68. The Balaban J connectivity index is 1.86. The van der Waals surface area contributed by atoms with Gasteiger partial charge in [-0.2, -0.15) is 0 Å². The summed E-state index contributed by atoms with van der Waals surface area (Å²) >= 11 is 0. The van der Waals surface area contributed by atoms with Gasteiger partial charge in [0.15, 0.2) is 0 Å². The van der Waals surface area contributed by atoms with Crippen molar-refractivity contribution in [3.63, 3.8) is 0 Å². The average Bonchev–Trinajstić information content (AvgIpc) is 2.44. The second kappa shape index (κ2) is 7.08. The summed E-state index contributed by atoms with van der Waals surface area (Å²) in [5.74, 6) is 1.50. The molecule has 116 valence electrons. The SMILES string of the molecule is Cc1ccc(NC(=O)C(C)NC2CCC(C)CC2C)cc1. The Bertz CT molecular complexity index is 469. The zero-order valence-electron chi connectivity index (χ0n) is 13.6. The Morgan fingerprint density at radius 3 is 2.48 bits per heavy atom. The van der Waals surface area contributed by atoms with E-state index in [0.717, 1.165) is 11.6 Å². The van der Waals surface area contributed by atoms with Gasteiger partial charge in [-0.15, -0.1) is 0 Å². The van der Waals surface area contributed by atoms with Crippen LogP contribution in [0, 0.1) is 18.8 Å². The largest absolute Gasteiger partial charge is 0.325 e. The van der Waals surface area contributed by atoms with Crippen LogP contribution in [0.15, 0.2) is 24.3 Å². The van der Waals surface area contributed by atoms with Crippen molar-refractivity contribution in [3.05, 3.63) is 29.8 Å². The lowest BCUT2D eigenvalue weighted by Crippen LogP contribution is -2.48. The van der Waals surface area contributed by atoms with Crippen molar-refractivity contribution >= 4 is 11.6 Å². The third kappa shape index (κ3) is 4.57. The molecule has 3 heteroatoms. The highest BCUT2D eigenvalue weighted by molar-refractivity contribution is 5.94. The van der Waals surface area contributed by atoms with E-state index >= 15 is 0 Å². The molecule has 4 unspecified atom stereocenters. The van der Waals surface area contributed by atoms with E-state index in [4.69, 9.17) is 0 Å². The molecule has 0 bridgehead atoms. The molecule has 2 N–H and O–H groups in total. The summed E-state index contributed by atoms with van der Waals surface area (Å²) in [5, 5.41) is 6.49. The summed E-state index contributed by atoms with van der Waals surface area (Å²) in [6, 6.07) is 8.22. The molecule has 0 saturated heterocycles. The van der Waals surface area contributed by atoms with Crippen LogP contribution in [0.25, 0.3) is 0 Å². The average molecular weight is 288 g/mol. The highest BCUT2D eigenvalue weighted by atomic mass is 16.2. The molecule has 0 aromatic heterocycles. The second-order valence-electron chi connectivity index (χ2n) is 6.75. The maximum absolute atomic E-state index is 12.3. The summed E-state index contributed by atoms with van der Waals surface area (Å²) in [6.45, 7) is 8.60. The number of hydrogen-bond donors (Lipinski definition) is 2. The van der Waals surface area contributed by atoms with Crippen LogP contribution in [0.1, 0.15) is 45.6 Å². The number of amides is 1. The molecule has 2 rings (SSSR count). The normalized spacial score (nSPS) is 27.1. The van der Waals surface area contributed by atoms with E-state index in [0.29, 0.717) is 12.0 Å². The summed E-state index contributed by atoms with van der Waals surface area (Å²) in [4.78, 5) is 12.3. The Morgan fingerprint density at radius 1 is 1.19 bits per heavy atom. The summed E-state index contributed by atoms with van der Waals surface area (Å²) in [7, 11) is 0. The lowest BCUT2D eigenvalue weighted by molar-refractivity contribution is -0.118. The van der Waals surface area contributed by atoms with Crippen molar-refractivity contribution in [2.45, 2.75) is 59.0 Å². The maximum atomic E-state index is 12.3. The molecule has 1 amide bonds. The second-order valence-corrected chi connectivity index (χ2v) is 6.75. The van der Waals surface area contributed by atoms with E-state index in [1.54, 1.807) is 0 Å². The van der Waals surface area contributed by atoms with Crippen LogP contribution in [0.5, 0.6) is 0 Å². The highest BCUT2D eigenvalue weighted by Gasteiger charge is 2.27. The van der Waals surface area contributed by atoms with E-state index in [-0.39, 0.29) is 11.9 Å². The number of hydrogen-bond acceptors (Lipinski definition) is 2. The summed E-state index contributed by atoms with van der Waals surface area (Å²) < 4.78 is 0. The smallest absolute Gasteiger partial charge is 0.241 e. The molecule has 0 spiro atoms. The molecule has 1 fully saturated rings. The minimum atomic E-state index is -0.160. The fourth-order valence-corrected chi connectivity index (χ4v) is 3.20. The quantitative estimate of drug-likeness (QED) is 0.886. The van der Waals surface area contributed by atoms with Gasteiger partial charge in [-0.25, -0.2) is 0 Å². The molecule has 3 nitrogen and oxygen atoms in total. The first kappa shape index (κ1) is 16.0. The topological polar surface area (TPSA) is 41.1 Å². The van der Waals surface area contributed by atoms with E-state index in [1.165, 1.54) is 24.8 Å². The van der Waals surface area contributed by atoms with Crippen molar-refractivity contribution in [2.24, 2.45) is 11.8 Å². The van der Waals surface area contributed by atoms with Crippen LogP contribution in [0.3, 0.4) is 0 Å². The highest BCUT2D eigenvalue weighted by Crippen LogP contribution is 2.28. The molecule has 1 aliphatic carbocycles. The first-order valence-electron chi connectivity index (χ1n) is 8.09. The van der Waals surface area contributed by atoms with E-state index in [1.807, 2.05) is 38.1 Å². The molecule has 21 heavy (non-hydrogen) atoms. The number of benzene rings is 1. The number of anilines is 1. The van der Waals surface area contributed by atoms with Gasteiger partial charge in [0.25, 0.3) is 0 Å². The lowest BCUT2D eigenvalue weighted by atomic mass is 9.79. The van der Waals surface area contributed by atoms with Crippen molar-refractivity contribution in [1.82, 2.24) is 5.32 Å². The molecule has 4 atom stereocenters. The van der Waals surface area contributed by atoms with Crippen molar-refractivity contribution in [3.8, 4) is 0 Å². The fourth-order valence-electron chi connectivity index (χ4n) is 3.20. The molecule has 0 aliphatic heterocycles. The van der Waals surface area contributed by atoms with Gasteiger partial charge in [0.2, 0.25) is 5.91 Å². The van der Waals surface area contributed by atoms with Crippen LogP contribution in [0.2, 0.25) is 0 Å². The molecule has 1 saturated carbocycles. The van der Waals surface area contributed by atoms with E-state index < -0.39 is 0 Å². The number of nitrogens with one attached hydrogen (secondary N) is 2. The molecule has 1 aromatic rings. The van der Waals surface area contributed by atoms with Gasteiger partial charge in [0.05, 0.1) is 6.04 Å². The van der Waals surface area contributed by atoms with Crippen molar-refractivity contribution < 1.29 is 4.79 Å². The minimum absolute atomic E-state index is 0.0460. The van der Waals surface area contributed by atoms with Crippen LogP contribution >= 0.6 is 0 Å². The predicted molar refractivity (Wildman–Crippen MR) is 88.4 cm³/mol. The lowest BCUT2D eigenvalue weighted by Gasteiger charge is -2.34. The molecular weight excluding hydrogens is 260 g/mol. The monoisotopic (exact) mass is 288 g/mol. The van der Waals surface area contributed by atoms with Gasteiger partial charge in [-0.05, 0) is 57.1 Å². The van der Waals surface area contributed by atoms with Crippen molar-refractivity contribution in [1.29, 1.82) is 0 Å². The number of carbonyl (C=O) groups is 1. The van der Waals surface area contributed by atoms with Gasteiger partial charge in [-0.1, -0.05) is 31.5 Å². The van der Waals surface area contributed by atoms with Crippen molar-refractivity contribution in [2.75, 3.05) is 5.32 Å². The van der Waals surface area contributed by atoms with Gasteiger partial charge >= 0.3 is 0 Å². The first-order valence-corrected chi connectivity index (χ1v) is 8.09. The maximum Gasteiger partial charge on any atom is 0.241 e. The Hall–Kier alpha value is -1.35. The van der Waals surface area contributed by atoms with E-state index in [9.17, 15) is 4.79 Å². The zero-order chi connectivity index (χ0) is 15.4. The number of rotatable bonds is 4. The van der Waals surface area contributed by atoms with Crippen LogP contribution in [-0.2, 0) is 4.79 Å². The molecule has 1 aromatic carbocycles. The van der Waals surface area contributed by atoms with Gasteiger partial charge < -0.3 is 10.6 Å². The van der Waals surface area contributed by atoms with E-state index in [2.05, 4.69) is 24.5 Å². The van der Waals surface area contributed by atoms with Gasteiger partial charge in [0, 0.05) is 11.7 Å². The standard InChI is InChI=1S/C18H28N2O/c1-12-5-8-16(9-6-12)20-18(21)15(4)19-17-10-7-13(2)11-14(17)3/h5-6,8-9,13-15,17,19H,7,10-11H2,1-4H3,(H,20,21). The zero-order valence-corrected chi connectivity index (χ0v) is 13.6. The molecule has 0 heterocycles. The minimum Gasteiger partial charge on any atom is -0.325 e. The molecule has 0 radical (unpaired) electrons. The van der Waals surface area contributed by atoms with Crippen LogP contribution in [0.4, 0.5) is 5.69 Å². The Kier molecular flexibility index (Phi) is 5.40. The Labute approximate surface area is 128 Å². The predicted octanol–water partition coefficient (Wildman–Crippen LogP) is 3.74. The fraction of sp³-hybridized carbons (Fsp3) is 0.611. The van der Waals surface area contributed by atoms with Crippen LogP contribution in [-0.4, -0.2) is 18.0 Å². The molecule has 1 aliphatic rings. The van der Waals surface area contributed by atoms with Gasteiger partial charge in [0.1, 0.15) is 0 Å². The Morgan fingerprint density at radius 2 is 1.86 bits per heavy atom. The van der Waals surface area contributed by atoms with Crippen LogP contribution < -0.4 is 10.6 Å².